The predicted molar refractivity (Wildman–Crippen MR) is 135 cm³/mol. The zero-order chi connectivity index (χ0) is 25.3. The number of aliphatic hydroxyl groups is 1. The Morgan fingerprint density at radius 1 is 1.09 bits per heavy atom. The van der Waals surface area contributed by atoms with Gasteiger partial charge in [0.2, 0.25) is 0 Å². The van der Waals surface area contributed by atoms with Crippen LogP contribution in [0.3, 0.4) is 0 Å². The first-order valence-electron chi connectivity index (χ1n) is 11.7. The maximum Gasteiger partial charge on any atom is 0.407 e. The standard InChI is InChI=1S/C27H34N4O4/c1-27(2,3)35-26(33)31-23(15-20-12-8-5-9-13-20)24(32)16-21(14-19-10-6-4-7-11-19)25-28-17-22(30-25)18-29-34/h4-13,17-18,21,23-24,32,34H,14-16H2,1-3H3,(H,28,30)(H,31,33)/b29-18+/t21-,23+,24+/m1/s1. The number of hydrogen-bond donors (Lipinski definition) is 4. The number of hydrogen-bond acceptors (Lipinski definition) is 6. The summed E-state index contributed by atoms with van der Waals surface area (Å²) in [6.45, 7) is 5.40. The van der Waals surface area contributed by atoms with Gasteiger partial charge in [-0.1, -0.05) is 65.8 Å². The van der Waals surface area contributed by atoms with Crippen LogP contribution in [0.25, 0.3) is 0 Å². The molecule has 0 aliphatic heterocycles. The van der Waals surface area contributed by atoms with Crippen LogP contribution in [-0.2, 0) is 17.6 Å². The molecule has 3 aromatic rings. The maximum atomic E-state index is 12.6. The third-order valence-corrected chi connectivity index (χ3v) is 5.51. The van der Waals surface area contributed by atoms with Gasteiger partial charge in [-0.2, -0.15) is 0 Å². The Morgan fingerprint density at radius 3 is 2.26 bits per heavy atom. The highest BCUT2D eigenvalue weighted by Crippen LogP contribution is 2.26. The van der Waals surface area contributed by atoms with Crippen LogP contribution in [0.5, 0.6) is 0 Å². The molecule has 2 aromatic carbocycles. The lowest BCUT2D eigenvalue weighted by molar-refractivity contribution is 0.0404. The number of aromatic amines is 1. The number of aromatic nitrogens is 2. The number of nitrogens with zero attached hydrogens (tertiary/aromatic N) is 2. The summed E-state index contributed by atoms with van der Waals surface area (Å²) in [6.07, 6.45) is 2.82. The van der Waals surface area contributed by atoms with Crippen molar-refractivity contribution in [1.82, 2.24) is 15.3 Å². The Morgan fingerprint density at radius 2 is 1.69 bits per heavy atom. The number of alkyl carbamates (subject to hydrolysis) is 1. The number of nitrogens with one attached hydrogen (secondary N) is 2. The van der Waals surface area contributed by atoms with Gasteiger partial charge in [0, 0.05) is 5.92 Å². The van der Waals surface area contributed by atoms with Gasteiger partial charge in [-0.15, -0.1) is 0 Å². The lowest BCUT2D eigenvalue weighted by Gasteiger charge is -2.29. The molecule has 0 saturated carbocycles. The van der Waals surface area contributed by atoms with Crippen LogP contribution in [0.2, 0.25) is 0 Å². The van der Waals surface area contributed by atoms with Gasteiger partial charge in [0.1, 0.15) is 11.4 Å². The average Bonchev–Trinajstić information content (AvgIpc) is 3.27. The van der Waals surface area contributed by atoms with E-state index in [1.54, 1.807) is 27.0 Å². The molecule has 3 rings (SSSR count). The summed E-state index contributed by atoms with van der Waals surface area (Å²) < 4.78 is 5.45. The molecule has 0 fully saturated rings. The molecular weight excluding hydrogens is 444 g/mol. The van der Waals surface area contributed by atoms with Crippen LogP contribution >= 0.6 is 0 Å². The van der Waals surface area contributed by atoms with E-state index in [9.17, 15) is 9.90 Å². The van der Waals surface area contributed by atoms with Crippen molar-refractivity contribution in [2.24, 2.45) is 5.16 Å². The van der Waals surface area contributed by atoms with Crippen LogP contribution in [0.1, 0.15) is 55.8 Å². The van der Waals surface area contributed by atoms with Gasteiger partial charge < -0.3 is 25.4 Å². The SMILES string of the molecule is CC(C)(C)OC(=O)N[C@@H](Cc1ccccc1)[C@@H](O)C[C@@H](Cc1ccccc1)c1ncc(/C=N/O)[nH]1. The fourth-order valence-corrected chi connectivity index (χ4v) is 3.94. The van der Waals surface area contributed by atoms with Crippen molar-refractivity contribution in [3.05, 3.63) is 89.5 Å². The van der Waals surface area contributed by atoms with E-state index < -0.39 is 23.8 Å². The number of H-pyrrole nitrogens is 1. The highest BCUT2D eigenvalue weighted by molar-refractivity contribution is 5.75. The van der Waals surface area contributed by atoms with E-state index in [0.717, 1.165) is 11.1 Å². The van der Waals surface area contributed by atoms with Crippen molar-refractivity contribution >= 4 is 12.3 Å². The van der Waals surface area contributed by atoms with Crippen molar-refractivity contribution in [2.75, 3.05) is 0 Å². The second-order valence-corrected chi connectivity index (χ2v) is 9.60. The third-order valence-electron chi connectivity index (χ3n) is 5.51. The Balaban J connectivity index is 1.83. The largest absolute Gasteiger partial charge is 0.444 e. The van der Waals surface area contributed by atoms with Crippen molar-refractivity contribution in [2.45, 2.75) is 63.7 Å². The summed E-state index contributed by atoms with van der Waals surface area (Å²) in [5.74, 6) is 0.491. The van der Waals surface area contributed by atoms with Crippen LogP contribution < -0.4 is 5.32 Å². The van der Waals surface area contributed by atoms with Crippen molar-refractivity contribution in [3.63, 3.8) is 0 Å². The Bertz CT molecular complexity index is 1080. The van der Waals surface area contributed by atoms with Gasteiger partial charge in [0.15, 0.2) is 0 Å². The molecule has 4 N–H and O–H groups in total. The first-order valence-corrected chi connectivity index (χ1v) is 11.7. The summed E-state index contributed by atoms with van der Waals surface area (Å²) in [5.41, 5.74) is 1.99. The molecule has 8 nitrogen and oxygen atoms in total. The Hall–Kier alpha value is -3.65. The second kappa shape index (κ2) is 12.2. The lowest BCUT2D eigenvalue weighted by Crippen LogP contribution is -2.47. The van der Waals surface area contributed by atoms with Crippen molar-refractivity contribution < 1.29 is 19.8 Å². The van der Waals surface area contributed by atoms with E-state index in [2.05, 4.69) is 20.4 Å². The van der Waals surface area contributed by atoms with E-state index in [0.29, 0.717) is 30.8 Å². The van der Waals surface area contributed by atoms with Crippen LogP contribution in [-0.4, -0.2) is 50.3 Å². The maximum absolute atomic E-state index is 12.6. The van der Waals surface area contributed by atoms with Crippen LogP contribution in [0, 0.1) is 0 Å². The van der Waals surface area contributed by atoms with E-state index in [1.165, 1.54) is 6.21 Å². The van der Waals surface area contributed by atoms with E-state index >= 15 is 0 Å². The van der Waals surface area contributed by atoms with Gasteiger partial charge in [0.25, 0.3) is 0 Å². The first-order chi connectivity index (χ1) is 16.7. The number of imidazole rings is 1. The fraction of sp³-hybridized carbons (Fsp3) is 0.370. The summed E-state index contributed by atoms with van der Waals surface area (Å²) in [7, 11) is 0. The summed E-state index contributed by atoms with van der Waals surface area (Å²) in [4.78, 5) is 20.2. The predicted octanol–water partition coefficient (Wildman–Crippen LogP) is 4.43. The molecule has 3 atom stereocenters. The minimum Gasteiger partial charge on any atom is -0.444 e. The summed E-state index contributed by atoms with van der Waals surface area (Å²) >= 11 is 0. The number of aliphatic hydroxyl groups excluding tert-OH is 1. The molecule has 0 spiro atoms. The van der Waals surface area contributed by atoms with Gasteiger partial charge in [0.05, 0.1) is 30.3 Å². The molecule has 0 bridgehead atoms. The zero-order valence-corrected chi connectivity index (χ0v) is 20.4. The van der Waals surface area contributed by atoms with E-state index in [1.807, 2.05) is 60.7 Å². The molecule has 1 amide bonds. The number of ether oxygens (including phenoxy) is 1. The fourth-order valence-electron chi connectivity index (χ4n) is 3.94. The third kappa shape index (κ3) is 8.57. The smallest absolute Gasteiger partial charge is 0.407 e. The average molecular weight is 479 g/mol. The van der Waals surface area contributed by atoms with Gasteiger partial charge >= 0.3 is 6.09 Å². The summed E-state index contributed by atoms with van der Waals surface area (Å²) in [6, 6.07) is 19.1. The molecule has 1 aromatic heterocycles. The van der Waals surface area contributed by atoms with Gasteiger partial charge in [-0.3, -0.25) is 0 Å². The molecule has 186 valence electrons. The lowest BCUT2D eigenvalue weighted by atomic mass is 9.89. The van der Waals surface area contributed by atoms with Crippen LogP contribution in [0.15, 0.2) is 72.0 Å². The molecule has 0 radical (unpaired) electrons. The molecule has 0 saturated heterocycles. The number of carbonyl (C=O) groups is 1. The Labute approximate surface area is 206 Å². The van der Waals surface area contributed by atoms with Crippen LogP contribution in [0.4, 0.5) is 4.79 Å². The Kier molecular flexibility index (Phi) is 9.03. The van der Waals surface area contributed by atoms with Crippen molar-refractivity contribution in [1.29, 1.82) is 0 Å². The quantitative estimate of drug-likeness (QED) is 0.195. The second-order valence-electron chi connectivity index (χ2n) is 9.60. The highest BCUT2D eigenvalue weighted by atomic mass is 16.6. The normalized spacial score (nSPS) is 14.4. The van der Waals surface area contributed by atoms with Gasteiger partial charge in [-0.05, 0) is 51.2 Å². The molecule has 35 heavy (non-hydrogen) atoms. The monoisotopic (exact) mass is 478 g/mol. The first kappa shape index (κ1) is 26.0. The minimum absolute atomic E-state index is 0.174. The number of rotatable bonds is 10. The number of amides is 1. The summed E-state index contributed by atoms with van der Waals surface area (Å²) in [5, 5.41) is 26.1. The molecule has 0 unspecified atom stereocenters. The number of oxime groups is 1. The number of benzene rings is 2. The molecule has 8 heteroatoms. The van der Waals surface area contributed by atoms with E-state index in [4.69, 9.17) is 9.94 Å². The zero-order valence-electron chi connectivity index (χ0n) is 20.4. The molecule has 0 aliphatic rings. The molecule has 1 heterocycles. The van der Waals surface area contributed by atoms with Crippen molar-refractivity contribution in [3.8, 4) is 0 Å². The molecular formula is C27H34N4O4. The van der Waals surface area contributed by atoms with E-state index in [-0.39, 0.29) is 5.92 Å². The number of carbonyl (C=O) groups excluding carboxylic acids is 1. The van der Waals surface area contributed by atoms with Gasteiger partial charge in [-0.25, -0.2) is 9.78 Å². The molecule has 0 aliphatic carbocycles. The topological polar surface area (TPSA) is 120 Å². The minimum atomic E-state index is -0.878. The highest BCUT2D eigenvalue weighted by Gasteiger charge is 2.29.